The second-order valence-electron chi connectivity index (χ2n) is 4.06. The zero-order valence-electron chi connectivity index (χ0n) is 8.61. The number of hydrogen-bond acceptors (Lipinski definition) is 2. The van der Waals surface area contributed by atoms with Gasteiger partial charge in [0.05, 0.1) is 4.92 Å². The summed E-state index contributed by atoms with van der Waals surface area (Å²) in [6, 6.07) is 6.91. The minimum Gasteiger partial charge on any atom is -0.258 e. The Morgan fingerprint density at radius 2 is 1.73 bits per heavy atom. The number of nitrogens with zero attached hydrogens (tertiary/aromatic N) is 1. The average molecular weight is 204 g/mol. The summed E-state index contributed by atoms with van der Waals surface area (Å²) in [5.74, 6) is 1.59. The maximum absolute atomic E-state index is 10.5. The van der Waals surface area contributed by atoms with Gasteiger partial charge in [0, 0.05) is 12.1 Å². The van der Waals surface area contributed by atoms with Crippen LogP contribution in [0.5, 0.6) is 0 Å². The van der Waals surface area contributed by atoms with Crippen molar-refractivity contribution in [1.82, 2.24) is 0 Å². The Hall–Kier alpha value is -1.38. The van der Waals surface area contributed by atoms with E-state index in [2.05, 4.69) is 0 Å². The fraction of sp³-hybridized carbons (Fsp3) is 0.417. The molecule has 0 amide bonds. The third-order valence-electron chi connectivity index (χ3n) is 2.91. The van der Waals surface area contributed by atoms with Gasteiger partial charge < -0.3 is 0 Å². The van der Waals surface area contributed by atoms with E-state index < -0.39 is 0 Å². The van der Waals surface area contributed by atoms with Crippen LogP contribution in [0.15, 0.2) is 24.3 Å². The van der Waals surface area contributed by atoms with Crippen molar-refractivity contribution in [2.75, 3.05) is 0 Å². The molecule has 0 aliphatic heterocycles. The first-order chi connectivity index (χ1) is 7.25. The molecule has 1 radical (unpaired) electrons. The Labute approximate surface area is 89.3 Å². The molecule has 0 heterocycles. The standard InChI is InChI=1S/C12H14NO2/c14-13(15)12-7-5-11(6-8-12)9-10-3-1-2-4-10/h5-8H,1-4,9H2. The van der Waals surface area contributed by atoms with Crippen molar-refractivity contribution < 1.29 is 4.92 Å². The molecule has 79 valence electrons. The lowest BCUT2D eigenvalue weighted by Crippen LogP contribution is -1.96. The van der Waals surface area contributed by atoms with Gasteiger partial charge in [0.2, 0.25) is 0 Å². The highest BCUT2D eigenvalue weighted by Crippen LogP contribution is 2.30. The molecule has 1 aliphatic carbocycles. The molecule has 2 rings (SSSR count). The van der Waals surface area contributed by atoms with Gasteiger partial charge in [-0.1, -0.05) is 25.0 Å². The van der Waals surface area contributed by atoms with Crippen LogP contribution >= 0.6 is 0 Å². The molecule has 0 saturated heterocycles. The van der Waals surface area contributed by atoms with Crippen molar-refractivity contribution in [1.29, 1.82) is 0 Å². The molecule has 3 nitrogen and oxygen atoms in total. The van der Waals surface area contributed by atoms with E-state index in [0.717, 1.165) is 6.42 Å². The number of rotatable bonds is 3. The lowest BCUT2D eigenvalue weighted by molar-refractivity contribution is -0.384. The molecule has 0 aromatic heterocycles. The topological polar surface area (TPSA) is 43.1 Å². The fourth-order valence-corrected chi connectivity index (χ4v) is 2.08. The Kier molecular flexibility index (Phi) is 2.99. The second kappa shape index (κ2) is 4.43. The van der Waals surface area contributed by atoms with Gasteiger partial charge in [0.1, 0.15) is 0 Å². The minimum atomic E-state index is -0.355. The Bertz CT molecular complexity index is 339. The van der Waals surface area contributed by atoms with Crippen LogP contribution in [0.2, 0.25) is 0 Å². The molecule has 0 atom stereocenters. The molecule has 0 unspecified atom stereocenters. The predicted molar refractivity (Wildman–Crippen MR) is 58.5 cm³/mol. The zero-order valence-corrected chi connectivity index (χ0v) is 8.61. The number of hydrogen-bond donors (Lipinski definition) is 0. The molecule has 1 aromatic carbocycles. The van der Waals surface area contributed by atoms with Gasteiger partial charge in [-0.25, -0.2) is 0 Å². The highest BCUT2D eigenvalue weighted by atomic mass is 16.6. The van der Waals surface area contributed by atoms with Gasteiger partial charge in [-0.05, 0) is 30.7 Å². The van der Waals surface area contributed by atoms with Crippen molar-refractivity contribution in [3.63, 3.8) is 0 Å². The first-order valence-electron chi connectivity index (χ1n) is 5.32. The molecule has 1 fully saturated rings. The summed E-state index contributed by atoms with van der Waals surface area (Å²) in [4.78, 5) is 10.1. The van der Waals surface area contributed by atoms with Gasteiger partial charge in [0.15, 0.2) is 0 Å². The third-order valence-corrected chi connectivity index (χ3v) is 2.91. The van der Waals surface area contributed by atoms with Gasteiger partial charge in [0.25, 0.3) is 5.69 Å². The monoisotopic (exact) mass is 204 g/mol. The molecule has 0 N–H and O–H groups in total. The average Bonchev–Trinajstić information content (AvgIpc) is 2.71. The molecule has 0 bridgehead atoms. The summed E-state index contributed by atoms with van der Waals surface area (Å²) in [6.45, 7) is 0. The highest BCUT2D eigenvalue weighted by Gasteiger charge is 2.16. The molecular formula is C12H14NO2. The van der Waals surface area contributed by atoms with Gasteiger partial charge >= 0.3 is 0 Å². The van der Waals surface area contributed by atoms with Crippen LogP contribution < -0.4 is 0 Å². The van der Waals surface area contributed by atoms with Gasteiger partial charge in [-0.2, -0.15) is 0 Å². The summed E-state index contributed by atoms with van der Waals surface area (Å²) < 4.78 is 0. The van der Waals surface area contributed by atoms with Crippen LogP contribution in [0.1, 0.15) is 31.2 Å². The molecule has 1 saturated carbocycles. The Balaban J connectivity index is 2.00. The van der Waals surface area contributed by atoms with E-state index >= 15 is 0 Å². The zero-order chi connectivity index (χ0) is 10.7. The summed E-state index contributed by atoms with van der Waals surface area (Å²) in [6.07, 6.45) is 6.08. The summed E-state index contributed by atoms with van der Waals surface area (Å²) in [5.41, 5.74) is 1.37. The third kappa shape index (κ3) is 2.55. The number of benzene rings is 1. The lowest BCUT2D eigenvalue weighted by Gasteiger charge is -2.07. The maximum Gasteiger partial charge on any atom is 0.269 e. The van der Waals surface area contributed by atoms with E-state index in [1.54, 1.807) is 18.1 Å². The van der Waals surface area contributed by atoms with E-state index in [-0.39, 0.29) is 10.6 Å². The van der Waals surface area contributed by atoms with Gasteiger partial charge in [-0.15, -0.1) is 0 Å². The number of non-ortho nitro benzene ring substituents is 1. The number of nitro benzene ring substituents is 1. The van der Waals surface area contributed by atoms with Crippen LogP contribution in [0.25, 0.3) is 0 Å². The van der Waals surface area contributed by atoms with Crippen molar-refractivity contribution >= 4 is 5.69 Å². The number of nitro groups is 1. The summed E-state index contributed by atoms with van der Waals surface area (Å²) >= 11 is 0. The van der Waals surface area contributed by atoms with Crippen molar-refractivity contribution in [3.8, 4) is 0 Å². The largest absolute Gasteiger partial charge is 0.269 e. The maximum atomic E-state index is 10.5. The normalized spacial score (nSPS) is 16.8. The van der Waals surface area contributed by atoms with Gasteiger partial charge in [-0.3, -0.25) is 10.1 Å². The Morgan fingerprint density at radius 3 is 2.27 bits per heavy atom. The van der Waals surface area contributed by atoms with E-state index in [0.29, 0.717) is 0 Å². The van der Waals surface area contributed by atoms with Crippen LogP contribution in [0.4, 0.5) is 5.69 Å². The SMILES string of the molecule is O=[N+]([O-])c1ccc(C[C]2CCCC2)cc1. The first kappa shape index (κ1) is 10.1. The Morgan fingerprint density at radius 1 is 1.13 bits per heavy atom. The van der Waals surface area contributed by atoms with Crippen LogP contribution in [0, 0.1) is 16.0 Å². The van der Waals surface area contributed by atoms with E-state index in [1.165, 1.54) is 31.2 Å². The lowest BCUT2D eigenvalue weighted by atomic mass is 9.98. The summed E-state index contributed by atoms with van der Waals surface area (Å²) in [5, 5.41) is 10.5. The van der Waals surface area contributed by atoms with E-state index in [1.807, 2.05) is 12.1 Å². The highest BCUT2D eigenvalue weighted by molar-refractivity contribution is 5.34. The predicted octanol–water partition coefficient (Wildman–Crippen LogP) is 3.29. The smallest absolute Gasteiger partial charge is 0.258 e. The second-order valence-corrected chi connectivity index (χ2v) is 4.06. The van der Waals surface area contributed by atoms with E-state index in [4.69, 9.17) is 0 Å². The molecular weight excluding hydrogens is 190 g/mol. The fourth-order valence-electron chi connectivity index (χ4n) is 2.08. The van der Waals surface area contributed by atoms with Crippen LogP contribution in [-0.2, 0) is 6.42 Å². The first-order valence-corrected chi connectivity index (χ1v) is 5.32. The van der Waals surface area contributed by atoms with Crippen molar-refractivity contribution in [2.45, 2.75) is 32.1 Å². The molecule has 15 heavy (non-hydrogen) atoms. The van der Waals surface area contributed by atoms with Crippen LogP contribution in [-0.4, -0.2) is 4.92 Å². The van der Waals surface area contributed by atoms with Crippen LogP contribution in [0.3, 0.4) is 0 Å². The van der Waals surface area contributed by atoms with Crippen molar-refractivity contribution in [3.05, 3.63) is 45.9 Å². The molecule has 1 aromatic rings. The van der Waals surface area contributed by atoms with E-state index in [9.17, 15) is 10.1 Å². The minimum absolute atomic E-state index is 0.176. The molecule has 1 aliphatic rings. The molecule has 3 heteroatoms. The van der Waals surface area contributed by atoms with Crippen molar-refractivity contribution in [2.24, 2.45) is 0 Å². The summed E-state index contributed by atoms with van der Waals surface area (Å²) in [7, 11) is 0. The quantitative estimate of drug-likeness (QED) is 0.560. The molecule has 0 spiro atoms.